The first-order valence-electron chi connectivity index (χ1n) is 4.63. The Hall–Kier alpha value is -1.59. The van der Waals surface area contributed by atoms with Gasteiger partial charge in [0.05, 0.1) is 0 Å². The largest absolute Gasteiger partial charge is 0.366 e. The molecule has 0 saturated heterocycles. The van der Waals surface area contributed by atoms with E-state index in [0.717, 1.165) is 5.92 Å². The van der Waals surface area contributed by atoms with Gasteiger partial charge in [0.1, 0.15) is 0 Å². The van der Waals surface area contributed by atoms with Crippen molar-refractivity contribution in [2.75, 3.05) is 12.3 Å². The van der Waals surface area contributed by atoms with E-state index in [0.29, 0.717) is 12.5 Å². The van der Waals surface area contributed by atoms with E-state index in [1.165, 1.54) is 6.42 Å². The zero-order valence-corrected chi connectivity index (χ0v) is 7.95. The highest BCUT2D eigenvalue weighted by atomic mass is 16.2. The topological polar surface area (TPSA) is 96.7 Å². The summed E-state index contributed by atoms with van der Waals surface area (Å²) < 4.78 is 0. The monoisotopic (exact) mass is 195 g/mol. The lowest BCUT2D eigenvalue weighted by Gasteiger charge is -1.99. The Morgan fingerprint density at radius 1 is 1.79 bits per heavy atom. The first kappa shape index (κ1) is 8.98. The molecule has 14 heavy (non-hydrogen) atoms. The van der Waals surface area contributed by atoms with Crippen molar-refractivity contribution in [2.45, 2.75) is 13.3 Å². The predicted molar refractivity (Wildman–Crippen MR) is 50.4 cm³/mol. The standard InChI is InChI=1S/C8H13N5O/c1-4-2-5(4)3-10-7(14)6-11-8(9)13-12-6/h4-5H,2-3H2,1H3,(H,10,14)(H3,9,11,12,13). The minimum atomic E-state index is -0.242. The zero-order chi connectivity index (χ0) is 10.1. The minimum Gasteiger partial charge on any atom is -0.366 e. The summed E-state index contributed by atoms with van der Waals surface area (Å²) in [4.78, 5) is 15.1. The van der Waals surface area contributed by atoms with Crippen LogP contribution in [0.3, 0.4) is 0 Å². The molecule has 76 valence electrons. The molecule has 1 aliphatic rings. The van der Waals surface area contributed by atoms with Crippen LogP contribution in [0.2, 0.25) is 0 Å². The summed E-state index contributed by atoms with van der Waals surface area (Å²) in [7, 11) is 0. The Bertz CT molecular complexity index is 347. The number of anilines is 1. The minimum absolute atomic E-state index is 0.0925. The van der Waals surface area contributed by atoms with Crippen LogP contribution >= 0.6 is 0 Å². The van der Waals surface area contributed by atoms with Crippen LogP contribution in [0.4, 0.5) is 5.95 Å². The summed E-state index contributed by atoms with van der Waals surface area (Å²) in [5, 5.41) is 8.81. The fourth-order valence-electron chi connectivity index (χ4n) is 1.37. The van der Waals surface area contributed by atoms with E-state index >= 15 is 0 Å². The highest BCUT2D eigenvalue weighted by molar-refractivity contribution is 5.90. The number of carbonyl (C=O) groups is 1. The van der Waals surface area contributed by atoms with Crippen molar-refractivity contribution in [1.29, 1.82) is 0 Å². The Balaban J connectivity index is 1.83. The van der Waals surface area contributed by atoms with Gasteiger partial charge in [-0.1, -0.05) is 6.92 Å². The van der Waals surface area contributed by atoms with E-state index < -0.39 is 0 Å². The smallest absolute Gasteiger partial charge is 0.288 e. The number of carbonyl (C=O) groups excluding carboxylic acids is 1. The van der Waals surface area contributed by atoms with Gasteiger partial charge >= 0.3 is 0 Å². The number of aromatic nitrogens is 3. The second-order valence-electron chi connectivity index (χ2n) is 3.73. The van der Waals surface area contributed by atoms with E-state index in [9.17, 15) is 4.79 Å². The SMILES string of the molecule is CC1CC1CNC(=O)c1nc(N)n[nH]1. The molecule has 1 aromatic heterocycles. The van der Waals surface area contributed by atoms with Crippen molar-refractivity contribution in [3.8, 4) is 0 Å². The van der Waals surface area contributed by atoms with Gasteiger partial charge in [-0.3, -0.25) is 9.89 Å². The molecule has 1 aromatic rings. The van der Waals surface area contributed by atoms with Gasteiger partial charge in [-0.05, 0) is 18.3 Å². The molecule has 0 aromatic carbocycles. The number of nitrogens with zero attached hydrogens (tertiary/aromatic N) is 2. The third-order valence-electron chi connectivity index (χ3n) is 2.52. The molecule has 0 aliphatic heterocycles. The molecular formula is C8H13N5O. The lowest BCUT2D eigenvalue weighted by Crippen LogP contribution is -2.26. The van der Waals surface area contributed by atoms with Crippen LogP contribution < -0.4 is 11.1 Å². The second kappa shape index (κ2) is 3.28. The molecule has 2 atom stereocenters. The normalized spacial score (nSPS) is 24.6. The van der Waals surface area contributed by atoms with Gasteiger partial charge in [0, 0.05) is 6.54 Å². The van der Waals surface area contributed by atoms with Gasteiger partial charge in [-0.2, -0.15) is 4.98 Å². The number of rotatable bonds is 3. The van der Waals surface area contributed by atoms with Crippen molar-refractivity contribution >= 4 is 11.9 Å². The Morgan fingerprint density at radius 2 is 2.50 bits per heavy atom. The van der Waals surface area contributed by atoms with Gasteiger partial charge in [0.15, 0.2) is 0 Å². The molecule has 0 bridgehead atoms. The first-order chi connectivity index (χ1) is 6.66. The molecule has 1 heterocycles. The van der Waals surface area contributed by atoms with Crippen molar-refractivity contribution in [3.63, 3.8) is 0 Å². The first-order valence-corrected chi connectivity index (χ1v) is 4.63. The Kier molecular flexibility index (Phi) is 2.11. The van der Waals surface area contributed by atoms with Crippen LogP contribution in [0, 0.1) is 11.8 Å². The van der Waals surface area contributed by atoms with Crippen LogP contribution in [0.5, 0.6) is 0 Å². The van der Waals surface area contributed by atoms with Gasteiger partial charge in [-0.15, -0.1) is 5.10 Å². The molecular weight excluding hydrogens is 182 g/mol. The van der Waals surface area contributed by atoms with E-state index in [2.05, 4.69) is 27.4 Å². The lowest BCUT2D eigenvalue weighted by atomic mass is 10.3. The van der Waals surface area contributed by atoms with Gasteiger partial charge in [0.25, 0.3) is 5.91 Å². The summed E-state index contributed by atoms with van der Waals surface area (Å²) in [6.45, 7) is 2.88. The number of amides is 1. The molecule has 2 rings (SSSR count). The van der Waals surface area contributed by atoms with Crippen molar-refractivity contribution in [1.82, 2.24) is 20.5 Å². The molecule has 2 unspecified atom stereocenters. The summed E-state index contributed by atoms with van der Waals surface area (Å²) in [6, 6.07) is 0. The second-order valence-corrected chi connectivity index (χ2v) is 3.73. The number of nitrogens with two attached hydrogens (primary N) is 1. The molecule has 6 heteroatoms. The molecule has 6 nitrogen and oxygen atoms in total. The predicted octanol–water partition coefficient (Wildman–Crippen LogP) is -0.227. The number of hydrogen-bond donors (Lipinski definition) is 3. The number of hydrogen-bond acceptors (Lipinski definition) is 4. The average molecular weight is 195 g/mol. The number of H-pyrrole nitrogens is 1. The van der Waals surface area contributed by atoms with Crippen molar-refractivity contribution < 1.29 is 4.79 Å². The fraction of sp³-hybridized carbons (Fsp3) is 0.625. The summed E-state index contributed by atoms with van der Waals surface area (Å²) in [6.07, 6.45) is 1.19. The highest BCUT2D eigenvalue weighted by Crippen LogP contribution is 2.36. The van der Waals surface area contributed by atoms with Crippen molar-refractivity contribution in [3.05, 3.63) is 5.82 Å². The molecule has 1 saturated carbocycles. The Morgan fingerprint density at radius 3 is 3.00 bits per heavy atom. The molecule has 0 spiro atoms. The summed E-state index contributed by atoms with van der Waals surface area (Å²) in [5.74, 6) is 1.38. The number of nitrogen functional groups attached to an aromatic ring is 1. The summed E-state index contributed by atoms with van der Waals surface area (Å²) in [5.41, 5.74) is 5.27. The maximum atomic E-state index is 11.4. The van der Waals surface area contributed by atoms with E-state index in [1.54, 1.807) is 0 Å². The molecule has 4 N–H and O–H groups in total. The molecule has 1 amide bonds. The van der Waals surface area contributed by atoms with Crippen LogP contribution in [-0.4, -0.2) is 27.6 Å². The quantitative estimate of drug-likeness (QED) is 0.620. The van der Waals surface area contributed by atoms with Crippen LogP contribution in [0.1, 0.15) is 24.0 Å². The van der Waals surface area contributed by atoms with Gasteiger partial charge in [-0.25, -0.2) is 0 Å². The summed E-state index contributed by atoms with van der Waals surface area (Å²) >= 11 is 0. The van der Waals surface area contributed by atoms with E-state index in [1.807, 2.05) is 0 Å². The molecule has 0 radical (unpaired) electrons. The molecule has 1 fully saturated rings. The van der Waals surface area contributed by atoms with Crippen LogP contribution in [0.25, 0.3) is 0 Å². The van der Waals surface area contributed by atoms with Gasteiger partial charge in [0.2, 0.25) is 11.8 Å². The van der Waals surface area contributed by atoms with E-state index in [-0.39, 0.29) is 17.7 Å². The maximum Gasteiger partial charge on any atom is 0.288 e. The van der Waals surface area contributed by atoms with Crippen molar-refractivity contribution in [2.24, 2.45) is 11.8 Å². The van der Waals surface area contributed by atoms with Crippen LogP contribution in [-0.2, 0) is 0 Å². The number of aromatic amines is 1. The zero-order valence-electron chi connectivity index (χ0n) is 7.95. The average Bonchev–Trinajstić information content (AvgIpc) is 2.66. The lowest BCUT2D eigenvalue weighted by molar-refractivity contribution is 0.0941. The third-order valence-corrected chi connectivity index (χ3v) is 2.52. The van der Waals surface area contributed by atoms with Gasteiger partial charge < -0.3 is 11.1 Å². The van der Waals surface area contributed by atoms with E-state index in [4.69, 9.17) is 5.73 Å². The molecule has 1 aliphatic carbocycles. The maximum absolute atomic E-state index is 11.4. The highest BCUT2D eigenvalue weighted by Gasteiger charge is 2.32. The number of nitrogens with one attached hydrogen (secondary N) is 2. The fourth-order valence-corrected chi connectivity index (χ4v) is 1.37. The van der Waals surface area contributed by atoms with Crippen LogP contribution in [0.15, 0.2) is 0 Å². The Labute approximate surface area is 81.3 Å². The third kappa shape index (κ3) is 1.84.